The molecule has 1 saturated heterocycles. The van der Waals surface area contributed by atoms with Crippen LogP contribution in [0, 0.1) is 0 Å². The lowest BCUT2D eigenvalue weighted by atomic mass is 10.1. The van der Waals surface area contributed by atoms with Crippen LogP contribution in [0.5, 0.6) is 0 Å². The summed E-state index contributed by atoms with van der Waals surface area (Å²) in [6, 6.07) is 20.4. The van der Waals surface area contributed by atoms with Crippen molar-refractivity contribution >= 4 is 33.0 Å². The lowest BCUT2D eigenvalue weighted by Crippen LogP contribution is -2.69. The summed E-state index contributed by atoms with van der Waals surface area (Å²) in [4.78, 5) is 13.0. The Morgan fingerprint density at radius 1 is 0.872 bits per heavy atom. The van der Waals surface area contributed by atoms with Gasteiger partial charge in [0.25, 0.3) is 8.32 Å². The minimum atomic E-state index is -3.08. The summed E-state index contributed by atoms with van der Waals surface area (Å²) >= 11 is 0. The van der Waals surface area contributed by atoms with Crippen LogP contribution >= 0.6 is 0 Å². The highest BCUT2D eigenvalue weighted by atomic mass is 28.4. The molecule has 4 atom stereocenters. The summed E-state index contributed by atoms with van der Waals surface area (Å²) in [6.07, 6.45) is -1.55. The highest BCUT2D eigenvalue weighted by Crippen LogP contribution is 2.45. The first-order chi connectivity index (χ1) is 18.2. The topological polar surface area (TPSA) is 65.0 Å². The first-order valence-electron chi connectivity index (χ1n) is 14.5. The highest BCUT2D eigenvalue weighted by molar-refractivity contribution is 6.99. The average molecular weight is 571 g/mol. The Morgan fingerprint density at radius 3 is 1.67 bits per heavy atom. The molecule has 0 aliphatic carbocycles. The Bertz CT molecular complexity index is 1000. The maximum absolute atomic E-state index is 13.0. The van der Waals surface area contributed by atoms with Crippen LogP contribution in [0.25, 0.3) is 0 Å². The summed E-state index contributed by atoms with van der Waals surface area (Å²) in [7, 11) is -5.25. The normalized spacial score (nSPS) is 21.6. The molecule has 0 amide bonds. The van der Waals surface area contributed by atoms with Crippen LogP contribution in [-0.4, -0.2) is 52.1 Å². The largest absolute Gasteiger partial charge is 0.479 e. The average Bonchev–Trinajstić information content (AvgIpc) is 3.22. The standard InChI is InChI=1S/C32H50O5Si2/c1-22(2)38(23(3)4,24(5)6)36-28-21-29(35-25(28)7)30(31(33)34)37-39(32(8,9)10,26-17-13-11-14-18-26)27-19-15-12-16-20-27/h11-20,22-25,28-30H,21H2,1-10H3,(H,33,34)/t25-,28+,29+,30-/m0/s1. The number of aliphatic carboxylic acids is 1. The lowest BCUT2D eigenvalue weighted by Gasteiger charge is -2.45. The van der Waals surface area contributed by atoms with Crippen molar-refractivity contribution in [2.45, 2.75) is 122 Å². The van der Waals surface area contributed by atoms with Gasteiger partial charge in [0.15, 0.2) is 6.10 Å². The van der Waals surface area contributed by atoms with Gasteiger partial charge in [-0.05, 0) is 39.0 Å². The number of rotatable bonds is 11. The predicted molar refractivity (Wildman–Crippen MR) is 165 cm³/mol. The summed E-state index contributed by atoms with van der Waals surface area (Å²) in [5, 5.41) is 12.4. The molecular weight excluding hydrogens is 521 g/mol. The third kappa shape index (κ3) is 6.13. The Labute approximate surface area is 238 Å². The Kier molecular flexibility index (Phi) is 10.1. The molecule has 1 heterocycles. The van der Waals surface area contributed by atoms with E-state index in [-0.39, 0.29) is 17.2 Å². The molecule has 0 radical (unpaired) electrons. The SMILES string of the molecule is CC(C)[Si](O[C@@H]1C[C@H]([C@H](O[Si](c2ccccc2)(c2ccccc2)C(C)(C)C)C(=O)O)O[C@H]1C)(C(C)C)C(C)C. The number of carboxylic acid groups (broad SMARTS) is 1. The van der Waals surface area contributed by atoms with E-state index in [4.69, 9.17) is 13.6 Å². The van der Waals surface area contributed by atoms with Crippen molar-refractivity contribution in [2.24, 2.45) is 0 Å². The molecule has 5 nitrogen and oxygen atoms in total. The molecule has 0 aromatic heterocycles. The fourth-order valence-corrected chi connectivity index (χ4v) is 17.3. The lowest BCUT2D eigenvalue weighted by molar-refractivity contribution is -0.153. The summed E-state index contributed by atoms with van der Waals surface area (Å²) in [5.74, 6) is -0.985. The van der Waals surface area contributed by atoms with E-state index in [1.165, 1.54) is 0 Å². The Balaban J connectivity index is 2.04. The number of carboxylic acids is 1. The van der Waals surface area contributed by atoms with Crippen molar-refractivity contribution in [3.63, 3.8) is 0 Å². The third-order valence-corrected chi connectivity index (χ3v) is 19.9. The zero-order chi connectivity index (χ0) is 29.2. The molecule has 0 saturated carbocycles. The third-order valence-electron chi connectivity index (χ3n) is 8.74. The summed E-state index contributed by atoms with van der Waals surface area (Å²) in [6.45, 7) is 22.2. The second-order valence-corrected chi connectivity index (χ2v) is 22.8. The second kappa shape index (κ2) is 12.4. The number of carbonyl (C=O) groups is 1. The van der Waals surface area contributed by atoms with Crippen LogP contribution in [0.1, 0.15) is 75.7 Å². The summed E-state index contributed by atoms with van der Waals surface area (Å²) in [5.41, 5.74) is 1.31. The predicted octanol–water partition coefficient (Wildman–Crippen LogP) is 6.75. The fourth-order valence-electron chi connectivity index (χ4n) is 7.02. The molecule has 1 aliphatic heterocycles. The van der Waals surface area contributed by atoms with Gasteiger partial charge in [0.2, 0.25) is 8.32 Å². The van der Waals surface area contributed by atoms with Gasteiger partial charge in [-0.2, -0.15) is 0 Å². The molecule has 1 N–H and O–H groups in total. The van der Waals surface area contributed by atoms with Crippen LogP contribution in [-0.2, 0) is 18.4 Å². The van der Waals surface area contributed by atoms with Crippen LogP contribution in [0.4, 0.5) is 0 Å². The quantitative estimate of drug-likeness (QED) is 0.303. The van der Waals surface area contributed by atoms with Crippen LogP contribution < -0.4 is 10.4 Å². The van der Waals surface area contributed by atoms with Gasteiger partial charge >= 0.3 is 5.97 Å². The molecule has 7 heteroatoms. The van der Waals surface area contributed by atoms with E-state index in [2.05, 4.69) is 86.6 Å². The summed E-state index contributed by atoms with van der Waals surface area (Å²) < 4.78 is 20.6. The van der Waals surface area contributed by atoms with Crippen molar-refractivity contribution in [2.75, 3.05) is 0 Å². The van der Waals surface area contributed by atoms with E-state index in [9.17, 15) is 9.90 Å². The van der Waals surface area contributed by atoms with Crippen LogP contribution in [0.15, 0.2) is 60.7 Å². The van der Waals surface area contributed by atoms with Crippen molar-refractivity contribution in [3.8, 4) is 0 Å². The zero-order valence-electron chi connectivity index (χ0n) is 25.6. The van der Waals surface area contributed by atoms with E-state index >= 15 is 0 Å². The number of hydrogen-bond donors (Lipinski definition) is 1. The molecule has 216 valence electrons. The number of hydrogen-bond acceptors (Lipinski definition) is 4. The molecule has 2 aromatic carbocycles. The smallest absolute Gasteiger partial charge is 0.334 e. The maximum Gasteiger partial charge on any atom is 0.334 e. The zero-order valence-corrected chi connectivity index (χ0v) is 27.6. The highest BCUT2D eigenvalue weighted by Gasteiger charge is 2.56. The first-order valence-corrected chi connectivity index (χ1v) is 18.6. The minimum Gasteiger partial charge on any atom is -0.479 e. The van der Waals surface area contributed by atoms with Gasteiger partial charge in [-0.15, -0.1) is 0 Å². The van der Waals surface area contributed by atoms with Crippen LogP contribution in [0.2, 0.25) is 21.7 Å². The van der Waals surface area contributed by atoms with Gasteiger partial charge < -0.3 is 18.7 Å². The fraction of sp³-hybridized carbons (Fsp3) is 0.594. The molecule has 0 bridgehead atoms. The van der Waals surface area contributed by atoms with Crippen molar-refractivity contribution in [1.29, 1.82) is 0 Å². The molecule has 2 aromatic rings. The first kappa shape index (κ1) is 31.7. The van der Waals surface area contributed by atoms with Gasteiger partial charge in [-0.25, -0.2) is 4.79 Å². The van der Waals surface area contributed by atoms with Gasteiger partial charge in [0, 0.05) is 6.42 Å². The van der Waals surface area contributed by atoms with Crippen molar-refractivity contribution < 1.29 is 23.5 Å². The number of ether oxygens (including phenoxy) is 1. The molecule has 39 heavy (non-hydrogen) atoms. The molecule has 0 spiro atoms. The monoisotopic (exact) mass is 570 g/mol. The van der Waals surface area contributed by atoms with Crippen molar-refractivity contribution in [1.82, 2.24) is 0 Å². The Morgan fingerprint density at radius 2 is 1.31 bits per heavy atom. The molecule has 3 rings (SSSR count). The van der Waals surface area contributed by atoms with Gasteiger partial charge in [-0.1, -0.05) is 123 Å². The van der Waals surface area contributed by atoms with Gasteiger partial charge in [-0.3, -0.25) is 0 Å². The van der Waals surface area contributed by atoms with E-state index in [1.807, 2.05) is 43.3 Å². The second-order valence-electron chi connectivity index (χ2n) is 13.1. The van der Waals surface area contributed by atoms with E-state index in [0.717, 1.165) is 10.4 Å². The van der Waals surface area contributed by atoms with E-state index < -0.39 is 34.8 Å². The molecular formula is C32H50O5Si2. The molecule has 1 aliphatic rings. The van der Waals surface area contributed by atoms with Gasteiger partial charge in [0.05, 0.1) is 18.3 Å². The van der Waals surface area contributed by atoms with E-state index in [1.54, 1.807) is 0 Å². The minimum absolute atomic E-state index is 0.154. The Hall–Kier alpha value is -1.78. The maximum atomic E-state index is 13.0. The molecule has 0 unspecified atom stereocenters. The number of benzene rings is 2. The molecule has 1 fully saturated rings. The van der Waals surface area contributed by atoms with Crippen LogP contribution in [0.3, 0.4) is 0 Å². The van der Waals surface area contributed by atoms with Crippen molar-refractivity contribution in [3.05, 3.63) is 60.7 Å². The van der Waals surface area contributed by atoms with Gasteiger partial charge in [0.1, 0.15) is 0 Å². The van der Waals surface area contributed by atoms with E-state index in [0.29, 0.717) is 23.0 Å².